The lowest BCUT2D eigenvalue weighted by Gasteiger charge is -2.37. The minimum absolute atomic E-state index is 0.00412. The van der Waals surface area contributed by atoms with Crippen molar-refractivity contribution in [2.75, 3.05) is 74.6 Å². The number of likely N-dealkylation sites (tertiary alicyclic amines) is 1. The van der Waals surface area contributed by atoms with Gasteiger partial charge in [0, 0.05) is 64.8 Å². The van der Waals surface area contributed by atoms with E-state index in [0.717, 1.165) is 56.9 Å². The first-order valence-corrected chi connectivity index (χ1v) is 28.2. The van der Waals surface area contributed by atoms with Crippen LogP contribution in [-0.4, -0.2) is 163 Å². The number of ether oxygens (including phenoxy) is 3. The number of nitrogens with zero attached hydrogens (tertiary/aromatic N) is 3. The fourth-order valence-corrected chi connectivity index (χ4v) is 6.95. The van der Waals surface area contributed by atoms with Crippen LogP contribution in [0.3, 0.4) is 0 Å². The predicted molar refractivity (Wildman–Crippen MR) is 319 cm³/mol. The topological polar surface area (TPSA) is 159 Å². The number of allylic oxidation sites excluding steroid dienone is 3. The van der Waals surface area contributed by atoms with Gasteiger partial charge in [-0.1, -0.05) is 153 Å². The van der Waals surface area contributed by atoms with E-state index in [1.165, 1.54) is 70.8 Å². The van der Waals surface area contributed by atoms with Gasteiger partial charge in [-0.2, -0.15) is 0 Å². The molecule has 0 saturated carbocycles. The number of methoxy groups -OCH3 is 2. The molecular weight excluding hydrogens is 933 g/mol. The van der Waals surface area contributed by atoms with Gasteiger partial charge in [0.1, 0.15) is 18.2 Å². The van der Waals surface area contributed by atoms with Crippen LogP contribution in [0, 0.1) is 17.8 Å². The third-order valence-electron chi connectivity index (χ3n) is 11.8. The van der Waals surface area contributed by atoms with Gasteiger partial charge in [0.05, 0.1) is 24.8 Å². The van der Waals surface area contributed by atoms with E-state index in [0.29, 0.717) is 25.0 Å². The Labute approximate surface area is 458 Å². The number of nitrogens with one attached hydrogen (secondary N) is 3. The lowest BCUT2D eigenvalue weighted by atomic mass is 9.91. The van der Waals surface area contributed by atoms with Crippen LogP contribution in [0.15, 0.2) is 37.0 Å². The highest BCUT2D eigenvalue weighted by atomic mass is 16.5. The van der Waals surface area contributed by atoms with Crippen molar-refractivity contribution in [3.05, 3.63) is 37.0 Å². The molecule has 14 nitrogen and oxygen atoms in total. The van der Waals surface area contributed by atoms with Crippen molar-refractivity contribution in [1.82, 2.24) is 30.7 Å². The largest absolute Gasteiger partial charge is 0.462 e. The molecule has 0 spiro atoms. The molecule has 3 N–H and O–H groups in total. The van der Waals surface area contributed by atoms with Crippen LogP contribution in [0.25, 0.3) is 0 Å². The minimum Gasteiger partial charge on any atom is -0.462 e. The Kier molecular flexibility index (Phi) is 69.3. The summed E-state index contributed by atoms with van der Waals surface area (Å²) in [6.07, 6.45) is 18.6. The summed E-state index contributed by atoms with van der Waals surface area (Å²) in [6, 6.07) is 1.47. The number of hydrogen-bond donors (Lipinski definition) is 3. The second-order valence-corrected chi connectivity index (χ2v) is 19.9. The van der Waals surface area contributed by atoms with Gasteiger partial charge in [-0.3, -0.25) is 19.3 Å². The number of carbonyl (C=O) groups excluding carboxylic acids is 5. The van der Waals surface area contributed by atoms with Crippen LogP contribution in [0.2, 0.25) is 0 Å². The number of unbranched alkanes of at least 4 members (excludes halogenated alkanes) is 1. The molecule has 442 valence electrons. The molecule has 0 bridgehead atoms. The maximum atomic E-state index is 11.9. The van der Waals surface area contributed by atoms with Crippen LogP contribution < -0.4 is 16.0 Å². The van der Waals surface area contributed by atoms with Gasteiger partial charge in [-0.15, -0.1) is 0 Å². The third-order valence-corrected chi connectivity index (χ3v) is 11.8. The molecule has 2 amide bonds. The van der Waals surface area contributed by atoms with Crippen molar-refractivity contribution in [3.63, 3.8) is 0 Å². The van der Waals surface area contributed by atoms with Crippen molar-refractivity contribution in [3.8, 4) is 0 Å². The maximum Gasteiger partial charge on any atom is 0.293 e. The van der Waals surface area contributed by atoms with Gasteiger partial charge in [0.2, 0.25) is 12.3 Å². The third kappa shape index (κ3) is 50.9. The standard InChI is InChI=1S/C13H24N2O4.C10H22N2.C10H19NO2.C10H17N.C5H10O2.C4H10.2C3H8.C2H6/c1-5-10(2)13(11(19-4)6-7-16)15(3)12(18)8-14-9-17;1-9(2)10(3)12-7-4-5-11-6-8-12;1-8(7-12)10(13-3)9-5-4-6-11(9)2;1-5-7-10(6-2)8-9(3)11-4;1-5(2,3)7-4-6;1-3-4-2;2*1-3-2;1-2/h7,9-11,13H,5-6,8H2,1-4H3,(H,14,17);9-11H,4-8H2,1-3H3;7-10H,4-6H2,1-3H3;5-7,9,11H,1-2,8H2,3-4H3;4H,1-3H3;3-4H2,1-2H3;2*3H2,1-2H3;1-2H3/b;;;10-7+;;;;;. The molecular formula is C60H124N6O8. The molecule has 2 rings (SSSR count). The second-order valence-electron chi connectivity index (χ2n) is 19.9. The lowest BCUT2D eigenvalue weighted by Crippen LogP contribution is -2.51. The zero-order valence-electron chi connectivity index (χ0n) is 52.6. The van der Waals surface area contributed by atoms with E-state index in [1.807, 2.05) is 74.6 Å². The summed E-state index contributed by atoms with van der Waals surface area (Å²) in [5.74, 6) is 0.763. The van der Waals surface area contributed by atoms with E-state index in [1.54, 1.807) is 25.1 Å². The Morgan fingerprint density at radius 2 is 1.41 bits per heavy atom. The highest BCUT2D eigenvalue weighted by Gasteiger charge is 2.33. The van der Waals surface area contributed by atoms with E-state index in [9.17, 15) is 24.0 Å². The van der Waals surface area contributed by atoms with Crippen LogP contribution in [0.4, 0.5) is 0 Å². The summed E-state index contributed by atoms with van der Waals surface area (Å²) in [4.78, 5) is 59.6. The Morgan fingerprint density at radius 1 is 0.851 bits per heavy atom. The Balaban J connectivity index is -0.000000147. The van der Waals surface area contributed by atoms with E-state index >= 15 is 0 Å². The highest BCUT2D eigenvalue weighted by Crippen LogP contribution is 2.24. The number of likely N-dealkylation sites (N-methyl/N-ethyl adjacent to an activating group) is 2. The van der Waals surface area contributed by atoms with Crippen molar-refractivity contribution >= 4 is 31.4 Å². The van der Waals surface area contributed by atoms with Gasteiger partial charge in [-0.25, -0.2) is 0 Å². The Morgan fingerprint density at radius 3 is 1.74 bits per heavy atom. The molecule has 14 heteroatoms. The zero-order chi connectivity index (χ0) is 59.1. The van der Waals surface area contributed by atoms with Gasteiger partial charge in [-0.05, 0) is 111 Å². The van der Waals surface area contributed by atoms with E-state index in [4.69, 9.17) is 9.47 Å². The molecule has 0 radical (unpaired) electrons. The quantitative estimate of drug-likeness (QED) is 0.0658. The SMILES string of the molecule is C=C/C=C(\C=C)CC(C)NC.CC.CC(C)(C)OC=O.CC(C)C(C)N1CCCNCC1.CCC.CCC.CCC(C)C(C(CC=O)OC)N(C)C(=O)CNC=O.CCCC.COC(C(C)C=O)C1CCCN1C. The van der Waals surface area contributed by atoms with Gasteiger partial charge in [0.25, 0.3) is 6.47 Å². The van der Waals surface area contributed by atoms with Crippen LogP contribution >= 0.6 is 0 Å². The minimum atomic E-state index is -0.336. The van der Waals surface area contributed by atoms with Gasteiger partial charge < -0.3 is 49.5 Å². The monoisotopic (exact) mass is 1060 g/mol. The normalized spacial score (nSPS) is 16.9. The fraction of sp³-hybridized carbons (Fsp3) is 0.817. The van der Waals surface area contributed by atoms with Crippen molar-refractivity contribution in [2.24, 2.45) is 17.8 Å². The first kappa shape index (κ1) is 84.7. The van der Waals surface area contributed by atoms with E-state index in [2.05, 4.69) is 120 Å². The molecule has 2 aliphatic heterocycles. The van der Waals surface area contributed by atoms with Crippen LogP contribution in [0.1, 0.15) is 189 Å². The maximum absolute atomic E-state index is 11.9. The van der Waals surface area contributed by atoms with Crippen molar-refractivity contribution in [2.45, 2.75) is 231 Å². The number of hydrogen-bond acceptors (Lipinski definition) is 12. The fourth-order valence-electron chi connectivity index (χ4n) is 6.95. The molecule has 2 fully saturated rings. The summed E-state index contributed by atoms with van der Waals surface area (Å²) in [6.45, 7) is 51.1. The number of aldehydes is 2. The predicted octanol–water partition coefficient (Wildman–Crippen LogP) is 11.4. The molecule has 2 saturated heterocycles. The average Bonchev–Trinajstić information content (AvgIpc) is 3.61. The zero-order valence-corrected chi connectivity index (χ0v) is 52.6. The smallest absolute Gasteiger partial charge is 0.293 e. The second kappa shape index (κ2) is 60.6. The average molecular weight is 1060 g/mol. The van der Waals surface area contributed by atoms with E-state index < -0.39 is 0 Å². The van der Waals surface area contributed by atoms with Gasteiger partial charge >= 0.3 is 0 Å². The summed E-state index contributed by atoms with van der Waals surface area (Å²) < 4.78 is 15.3. The molecule has 2 aliphatic rings. The summed E-state index contributed by atoms with van der Waals surface area (Å²) in [5.41, 5.74) is 0.906. The molecule has 74 heavy (non-hydrogen) atoms. The number of amides is 2. The van der Waals surface area contributed by atoms with Gasteiger partial charge in [0.15, 0.2) is 0 Å². The Bertz CT molecular complexity index is 1280. The first-order chi connectivity index (χ1) is 35.0. The molecule has 2 heterocycles. The molecule has 8 atom stereocenters. The van der Waals surface area contributed by atoms with Crippen LogP contribution in [-0.2, 0) is 38.2 Å². The number of carbonyl (C=O) groups is 5. The first-order valence-electron chi connectivity index (χ1n) is 28.2. The molecule has 0 aromatic heterocycles. The van der Waals surface area contributed by atoms with Crippen molar-refractivity contribution in [1.29, 1.82) is 0 Å². The molecule has 0 aliphatic carbocycles. The number of rotatable bonds is 23. The highest BCUT2D eigenvalue weighted by molar-refractivity contribution is 5.80. The summed E-state index contributed by atoms with van der Waals surface area (Å²) >= 11 is 0. The molecule has 0 aromatic carbocycles. The summed E-state index contributed by atoms with van der Waals surface area (Å²) in [7, 11) is 8.95. The van der Waals surface area contributed by atoms with Crippen molar-refractivity contribution < 1.29 is 38.2 Å². The lowest BCUT2D eigenvalue weighted by molar-refractivity contribution is -0.138. The van der Waals surface area contributed by atoms with E-state index in [-0.39, 0.29) is 54.6 Å². The molecule has 8 unspecified atom stereocenters. The summed E-state index contributed by atoms with van der Waals surface area (Å²) in [5, 5.41) is 8.94. The molecule has 0 aromatic rings. The Hall–Kier alpha value is -3.27. The van der Waals surface area contributed by atoms with Crippen LogP contribution in [0.5, 0.6) is 0 Å².